The molecule has 41 heavy (non-hydrogen) atoms. The fourth-order valence-corrected chi connectivity index (χ4v) is 8.63. The fraction of sp³-hybridized carbons (Fsp3) is 0.733. The molecule has 3 N–H and O–H groups in total. The maximum Gasteiger partial charge on any atom is 0.326 e. The van der Waals surface area contributed by atoms with E-state index in [0.717, 1.165) is 18.4 Å². The van der Waals surface area contributed by atoms with Gasteiger partial charge in [-0.15, -0.1) is 0 Å². The van der Waals surface area contributed by atoms with E-state index in [1.807, 2.05) is 6.26 Å². The third kappa shape index (κ3) is 5.76. The van der Waals surface area contributed by atoms with Crippen molar-refractivity contribution in [2.75, 3.05) is 18.6 Å². The van der Waals surface area contributed by atoms with Gasteiger partial charge in [0, 0.05) is 30.6 Å². The summed E-state index contributed by atoms with van der Waals surface area (Å²) in [6.07, 6.45) is 6.49. The number of aliphatic carboxylic acids is 1. The number of nitrogens with one attached hydrogen (secondary N) is 1. The molecule has 0 aromatic rings. The topological polar surface area (TPSA) is 164 Å². The second-order valence-corrected chi connectivity index (χ2v) is 13.6. The van der Waals surface area contributed by atoms with Crippen LogP contribution in [-0.2, 0) is 33.5 Å². The number of esters is 1. The van der Waals surface area contributed by atoms with Crippen LogP contribution in [0.15, 0.2) is 11.6 Å². The van der Waals surface area contributed by atoms with Crippen LogP contribution in [0, 0.1) is 28.6 Å². The Morgan fingerprint density at radius 1 is 1.12 bits per heavy atom. The first-order chi connectivity index (χ1) is 19.3. The van der Waals surface area contributed by atoms with Crippen molar-refractivity contribution in [1.29, 1.82) is 0 Å². The van der Waals surface area contributed by atoms with Crippen molar-refractivity contribution in [2.45, 2.75) is 89.7 Å². The monoisotopic (exact) mass is 591 g/mol. The molecule has 4 aliphatic carbocycles. The molecule has 4 aliphatic rings. The number of carboxylic acids is 1. The number of fused-ring (bicyclic) bond motifs is 5. The highest BCUT2D eigenvalue weighted by Crippen LogP contribution is 2.66. The zero-order chi connectivity index (χ0) is 30.2. The molecule has 0 radical (unpaired) electrons. The lowest BCUT2D eigenvalue weighted by molar-refractivity contribution is -0.173. The number of hydrogen-bond donors (Lipinski definition) is 3. The normalized spacial score (nSPS) is 34.9. The molecule has 11 heteroatoms. The molecular weight excluding hydrogens is 550 g/mol. The van der Waals surface area contributed by atoms with Gasteiger partial charge >= 0.3 is 11.9 Å². The van der Waals surface area contributed by atoms with Gasteiger partial charge in [0.1, 0.15) is 17.4 Å². The molecule has 0 unspecified atom stereocenters. The highest BCUT2D eigenvalue weighted by atomic mass is 32.2. The van der Waals surface area contributed by atoms with Crippen LogP contribution in [0.5, 0.6) is 0 Å². The first kappa shape index (κ1) is 31.4. The van der Waals surface area contributed by atoms with Crippen LogP contribution in [0.25, 0.3) is 0 Å². The van der Waals surface area contributed by atoms with Gasteiger partial charge in [0.25, 0.3) is 0 Å². The van der Waals surface area contributed by atoms with Crippen LogP contribution in [0.1, 0.15) is 78.1 Å². The Kier molecular flexibility index (Phi) is 9.18. The smallest absolute Gasteiger partial charge is 0.326 e. The number of carbonyl (C=O) groups excluding carboxylic acids is 5. The minimum absolute atomic E-state index is 0.00466. The highest BCUT2D eigenvalue weighted by molar-refractivity contribution is 7.98. The summed E-state index contributed by atoms with van der Waals surface area (Å²) in [6.45, 7) is 3.22. The second kappa shape index (κ2) is 12.0. The van der Waals surface area contributed by atoms with Crippen molar-refractivity contribution in [1.82, 2.24) is 5.32 Å². The van der Waals surface area contributed by atoms with Gasteiger partial charge in [-0.2, -0.15) is 11.8 Å². The third-order valence-electron chi connectivity index (χ3n) is 10.4. The van der Waals surface area contributed by atoms with Crippen LogP contribution in [0.3, 0.4) is 0 Å². The number of aliphatic hydroxyl groups is 1. The molecule has 226 valence electrons. The lowest BCUT2D eigenvalue weighted by atomic mass is 9.46. The van der Waals surface area contributed by atoms with Crippen molar-refractivity contribution in [3.05, 3.63) is 11.6 Å². The summed E-state index contributed by atoms with van der Waals surface area (Å²) >= 11 is 1.46. The quantitative estimate of drug-likeness (QED) is 0.304. The van der Waals surface area contributed by atoms with E-state index in [2.05, 4.69) is 12.2 Å². The summed E-state index contributed by atoms with van der Waals surface area (Å²) in [5.74, 6) is -2.83. The van der Waals surface area contributed by atoms with Gasteiger partial charge in [0.15, 0.2) is 12.4 Å². The number of hydrogen-bond acceptors (Lipinski definition) is 9. The van der Waals surface area contributed by atoms with Gasteiger partial charge < -0.3 is 20.3 Å². The Morgan fingerprint density at radius 3 is 2.54 bits per heavy atom. The van der Waals surface area contributed by atoms with E-state index in [4.69, 9.17) is 4.74 Å². The molecule has 0 saturated heterocycles. The molecule has 0 aromatic carbocycles. The summed E-state index contributed by atoms with van der Waals surface area (Å²) < 4.78 is 5.13. The molecule has 0 aromatic heterocycles. The summed E-state index contributed by atoms with van der Waals surface area (Å²) in [5, 5.41) is 23.4. The van der Waals surface area contributed by atoms with Crippen molar-refractivity contribution >= 4 is 47.0 Å². The van der Waals surface area contributed by atoms with Crippen LogP contribution in [-0.4, -0.2) is 75.7 Å². The summed E-state index contributed by atoms with van der Waals surface area (Å²) in [4.78, 5) is 74.9. The number of ether oxygens (including phenoxy) is 1. The van der Waals surface area contributed by atoms with Gasteiger partial charge in [-0.05, 0) is 73.9 Å². The molecule has 4 rings (SSSR count). The third-order valence-corrected chi connectivity index (χ3v) is 11.1. The molecule has 3 fully saturated rings. The van der Waals surface area contributed by atoms with E-state index in [1.165, 1.54) is 11.8 Å². The number of carboxylic acid groups (broad SMARTS) is 1. The Hall–Kier alpha value is -2.53. The predicted octanol–water partition coefficient (Wildman–Crippen LogP) is 2.64. The Balaban J connectivity index is 1.36. The number of carbonyl (C=O) groups is 6. The van der Waals surface area contributed by atoms with Crippen molar-refractivity contribution < 1.29 is 43.7 Å². The minimum Gasteiger partial charge on any atom is -0.480 e. The van der Waals surface area contributed by atoms with Crippen molar-refractivity contribution in [3.8, 4) is 0 Å². The molecule has 7 atom stereocenters. The van der Waals surface area contributed by atoms with Crippen LogP contribution in [0.4, 0.5) is 0 Å². The average molecular weight is 592 g/mol. The molecule has 3 saturated carbocycles. The van der Waals surface area contributed by atoms with E-state index in [0.29, 0.717) is 25.0 Å². The van der Waals surface area contributed by atoms with Crippen LogP contribution >= 0.6 is 11.8 Å². The Morgan fingerprint density at radius 2 is 1.85 bits per heavy atom. The Labute approximate surface area is 244 Å². The second-order valence-electron chi connectivity index (χ2n) is 12.6. The van der Waals surface area contributed by atoms with E-state index < -0.39 is 47.3 Å². The number of thioether (sulfide) groups is 1. The molecule has 0 spiro atoms. The molecule has 0 heterocycles. The predicted molar refractivity (Wildman–Crippen MR) is 150 cm³/mol. The maximum atomic E-state index is 13.7. The first-order valence-electron chi connectivity index (χ1n) is 14.5. The zero-order valence-electron chi connectivity index (χ0n) is 24.0. The molecule has 1 amide bonds. The van der Waals surface area contributed by atoms with Crippen LogP contribution < -0.4 is 5.32 Å². The average Bonchev–Trinajstić information content (AvgIpc) is 3.19. The van der Waals surface area contributed by atoms with E-state index in [9.17, 15) is 39.0 Å². The number of ketones is 3. The van der Waals surface area contributed by atoms with E-state index in [-0.39, 0.29) is 66.8 Å². The highest BCUT2D eigenvalue weighted by Gasteiger charge is 2.68. The van der Waals surface area contributed by atoms with E-state index in [1.54, 1.807) is 13.0 Å². The van der Waals surface area contributed by atoms with Gasteiger partial charge in [0.05, 0.1) is 6.42 Å². The number of Topliss-reactive ketones (excluding diaryl/α,β-unsaturated/α-hetero) is 2. The van der Waals surface area contributed by atoms with Crippen molar-refractivity contribution in [3.63, 3.8) is 0 Å². The lowest BCUT2D eigenvalue weighted by Crippen LogP contribution is -2.61. The van der Waals surface area contributed by atoms with Crippen LogP contribution in [0.2, 0.25) is 0 Å². The maximum absolute atomic E-state index is 13.7. The van der Waals surface area contributed by atoms with Gasteiger partial charge in [-0.25, -0.2) is 4.79 Å². The van der Waals surface area contributed by atoms with Gasteiger partial charge in [-0.3, -0.25) is 24.0 Å². The number of amides is 1. The molecule has 0 aliphatic heterocycles. The SMILES string of the molecule is CSCC[C@H](NC(=O)CCC(=O)OCC(=O)[C@@]1(O)CC[C@H]2[C@@H]3CCC4=CC(=O)CC[C@]4(C)[C@H]3C(=O)C[C@@]21C)C(=O)O. The number of rotatable bonds is 11. The summed E-state index contributed by atoms with van der Waals surface area (Å²) in [5.41, 5.74) is -2.13. The van der Waals surface area contributed by atoms with Gasteiger partial charge in [-0.1, -0.05) is 19.4 Å². The fourth-order valence-electron chi connectivity index (χ4n) is 8.16. The largest absolute Gasteiger partial charge is 0.480 e. The summed E-state index contributed by atoms with van der Waals surface area (Å²) in [7, 11) is 0. The minimum atomic E-state index is -1.82. The Bertz CT molecular complexity index is 1170. The summed E-state index contributed by atoms with van der Waals surface area (Å²) in [6, 6.07) is -1.05. The molecule has 10 nitrogen and oxygen atoms in total. The molecular formula is C30H41NO9S. The lowest BCUT2D eigenvalue weighted by Gasteiger charge is -2.57. The van der Waals surface area contributed by atoms with E-state index >= 15 is 0 Å². The number of allylic oxidation sites excluding steroid dienone is 1. The first-order valence-corrected chi connectivity index (χ1v) is 15.8. The standard InChI is InChI=1S/C30H41NO9S/c1-28-11-8-18(32)14-17(28)4-5-19-20-9-12-30(39,29(20,2)15-22(33)26(19)28)23(34)16-40-25(36)7-6-24(35)31-21(27(37)38)10-13-41-3/h14,19-21,26,39H,4-13,15-16H2,1-3H3,(H,31,35)(H,37,38)/t19-,20-,21-,26+,28-,29-,30-/m0/s1. The zero-order valence-corrected chi connectivity index (χ0v) is 24.8. The van der Waals surface area contributed by atoms with Crippen molar-refractivity contribution in [2.24, 2.45) is 28.6 Å². The molecule has 0 bridgehead atoms. The van der Waals surface area contributed by atoms with Gasteiger partial charge in [0.2, 0.25) is 11.7 Å².